The van der Waals surface area contributed by atoms with Gasteiger partial charge in [0.25, 0.3) is 0 Å². The highest BCUT2D eigenvalue weighted by Crippen LogP contribution is 2.27. The summed E-state index contributed by atoms with van der Waals surface area (Å²) in [6.07, 6.45) is 0.919. The van der Waals surface area contributed by atoms with Gasteiger partial charge in [-0.2, -0.15) is 5.10 Å². The number of benzene rings is 1. The molecule has 17 heavy (non-hydrogen) atoms. The van der Waals surface area contributed by atoms with Crippen molar-refractivity contribution >= 4 is 15.9 Å². The third kappa shape index (κ3) is 1.91. The fraction of sp³-hybridized carbons (Fsp3) is 0.308. The molecule has 1 aromatic heterocycles. The van der Waals surface area contributed by atoms with Crippen LogP contribution in [0.1, 0.15) is 16.8 Å². The molecule has 0 fully saturated rings. The number of hydrogen-bond acceptors (Lipinski definition) is 2. The van der Waals surface area contributed by atoms with Crippen molar-refractivity contribution in [2.75, 3.05) is 6.61 Å². The summed E-state index contributed by atoms with van der Waals surface area (Å²) in [5, 5.41) is 4.56. The second kappa shape index (κ2) is 4.27. The van der Waals surface area contributed by atoms with Crippen LogP contribution in [0.15, 0.2) is 28.9 Å². The van der Waals surface area contributed by atoms with E-state index in [4.69, 9.17) is 4.74 Å². The normalized spacial score (nSPS) is 14.7. The first-order chi connectivity index (χ1) is 8.25. The molecule has 88 valence electrons. The Morgan fingerprint density at radius 3 is 3.12 bits per heavy atom. The Bertz CT molecular complexity index is 563. The molecule has 2 aromatic rings. The van der Waals surface area contributed by atoms with Crippen LogP contribution < -0.4 is 0 Å². The van der Waals surface area contributed by atoms with Gasteiger partial charge in [-0.25, -0.2) is 4.68 Å². The Morgan fingerprint density at radius 2 is 2.29 bits per heavy atom. The van der Waals surface area contributed by atoms with Crippen molar-refractivity contribution in [1.82, 2.24) is 9.78 Å². The Balaban J connectivity index is 2.15. The van der Waals surface area contributed by atoms with E-state index in [1.54, 1.807) is 0 Å². The molecule has 0 amide bonds. The maximum absolute atomic E-state index is 5.47. The molecule has 0 bridgehead atoms. The first-order valence-corrected chi connectivity index (χ1v) is 6.46. The van der Waals surface area contributed by atoms with Gasteiger partial charge in [0.2, 0.25) is 0 Å². The monoisotopic (exact) mass is 292 g/mol. The summed E-state index contributed by atoms with van der Waals surface area (Å²) in [7, 11) is 0. The molecule has 3 rings (SSSR count). The summed E-state index contributed by atoms with van der Waals surface area (Å²) in [6, 6.07) is 8.39. The smallest absolute Gasteiger partial charge is 0.134 e. The zero-order chi connectivity index (χ0) is 11.8. The van der Waals surface area contributed by atoms with Crippen LogP contribution in [-0.2, 0) is 17.8 Å². The molecule has 2 heterocycles. The largest absolute Gasteiger partial charge is 0.376 e. The van der Waals surface area contributed by atoms with Gasteiger partial charge >= 0.3 is 0 Å². The van der Waals surface area contributed by atoms with Crippen LogP contribution in [-0.4, -0.2) is 16.4 Å². The molecule has 0 aliphatic carbocycles. The standard InChI is InChI=1S/C13H13BrN2O/c1-9-3-2-4-10(7-9)16-12-5-6-17-8-11(12)13(14)15-16/h2-4,7H,5-6,8H2,1H3. The van der Waals surface area contributed by atoms with Crippen molar-refractivity contribution in [3.63, 3.8) is 0 Å². The number of halogens is 1. The SMILES string of the molecule is Cc1cccc(-n2nc(Br)c3c2CCOC3)c1. The van der Waals surface area contributed by atoms with Crippen molar-refractivity contribution in [3.8, 4) is 5.69 Å². The molecule has 0 atom stereocenters. The fourth-order valence-electron chi connectivity index (χ4n) is 2.17. The van der Waals surface area contributed by atoms with Crippen molar-refractivity contribution in [2.24, 2.45) is 0 Å². The Morgan fingerprint density at radius 1 is 1.41 bits per heavy atom. The third-order valence-electron chi connectivity index (χ3n) is 3.02. The van der Waals surface area contributed by atoms with Gasteiger partial charge in [-0.05, 0) is 40.5 Å². The van der Waals surface area contributed by atoms with Gasteiger partial charge in [-0.15, -0.1) is 0 Å². The number of rotatable bonds is 1. The van der Waals surface area contributed by atoms with Crippen LogP contribution in [0.2, 0.25) is 0 Å². The van der Waals surface area contributed by atoms with E-state index in [1.807, 2.05) is 4.68 Å². The summed E-state index contributed by atoms with van der Waals surface area (Å²) < 4.78 is 8.39. The number of aromatic nitrogens is 2. The topological polar surface area (TPSA) is 27.1 Å². The first-order valence-electron chi connectivity index (χ1n) is 5.67. The zero-order valence-corrected chi connectivity index (χ0v) is 11.2. The zero-order valence-electron chi connectivity index (χ0n) is 9.61. The van der Waals surface area contributed by atoms with Crippen LogP contribution in [0.4, 0.5) is 0 Å². The molecule has 4 heteroatoms. The number of ether oxygens (including phenoxy) is 1. The van der Waals surface area contributed by atoms with E-state index in [0.717, 1.165) is 23.3 Å². The van der Waals surface area contributed by atoms with Gasteiger partial charge < -0.3 is 4.74 Å². The third-order valence-corrected chi connectivity index (χ3v) is 3.65. The Hall–Kier alpha value is -1.13. The minimum Gasteiger partial charge on any atom is -0.376 e. The lowest BCUT2D eigenvalue weighted by molar-refractivity contribution is 0.109. The van der Waals surface area contributed by atoms with Crippen molar-refractivity contribution < 1.29 is 4.74 Å². The Labute approximate surface area is 109 Å². The molecule has 1 aromatic carbocycles. The predicted molar refractivity (Wildman–Crippen MR) is 69.4 cm³/mol. The molecule has 1 aliphatic heterocycles. The number of aryl methyl sites for hydroxylation is 1. The molecule has 0 N–H and O–H groups in total. The van der Waals surface area contributed by atoms with E-state index in [1.165, 1.54) is 16.8 Å². The highest BCUT2D eigenvalue weighted by atomic mass is 79.9. The summed E-state index contributed by atoms with van der Waals surface area (Å²) in [5.41, 5.74) is 4.80. The summed E-state index contributed by atoms with van der Waals surface area (Å²) in [4.78, 5) is 0. The van der Waals surface area contributed by atoms with Gasteiger partial charge in [0.05, 0.1) is 24.6 Å². The average Bonchev–Trinajstić information content (AvgIpc) is 2.68. The highest BCUT2D eigenvalue weighted by Gasteiger charge is 2.20. The molecule has 0 unspecified atom stereocenters. The van der Waals surface area contributed by atoms with Gasteiger partial charge in [-0.1, -0.05) is 12.1 Å². The van der Waals surface area contributed by atoms with E-state index >= 15 is 0 Å². The van der Waals surface area contributed by atoms with E-state index in [2.05, 4.69) is 52.2 Å². The molecule has 0 spiro atoms. The van der Waals surface area contributed by atoms with E-state index < -0.39 is 0 Å². The van der Waals surface area contributed by atoms with Gasteiger partial charge in [0.15, 0.2) is 0 Å². The summed E-state index contributed by atoms with van der Waals surface area (Å²) >= 11 is 3.51. The second-order valence-electron chi connectivity index (χ2n) is 4.27. The molecule has 1 aliphatic rings. The predicted octanol–water partition coefficient (Wildman–Crippen LogP) is 3.02. The molecule has 0 radical (unpaired) electrons. The quantitative estimate of drug-likeness (QED) is 0.808. The lowest BCUT2D eigenvalue weighted by atomic mass is 10.1. The molecule has 3 nitrogen and oxygen atoms in total. The Kier molecular flexibility index (Phi) is 2.76. The van der Waals surface area contributed by atoms with Crippen molar-refractivity contribution in [2.45, 2.75) is 20.0 Å². The minimum absolute atomic E-state index is 0.654. The van der Waals surface area contributed by atoms with Crippen LogP contribution in [0, 0.1) is 6.92 Å². The molecule has 0 saturated heterocycles. The molecular weight excluding hydrogens is 280 g/mol. The highest BCUT2D eigenvalue weighted by molar-refractivity contribution is 9.10. The van der Waals surface area contributed by atoms with Gasteiger partial charge in [0.1, 0.15) is 4.60 Å². The number of hydrogen-bond donors (Lipinski definition) is 0. The van der Waals surface area contributed by atoms with Crippen molar-refractivity contribution in [3.05, 3.63) is 45.7 Å². The maximum Gasteiger partial charge on any atom is 0.134 e. The molecular formula is C13H13BrN2O. The van der Waals surface area contributed by atoms with E-state index in [0.29, 0.717) is 6.61 Å². The van der Waals surface area contributed by atoms with E-state index in [9.17, 15) is 0 Å². The number of fused-ring (bicyclic) bond motifs is 1. The lowest BCUT2D eigenvalue weighted by Gasteiger charge is -2.14. The fourth-order valence-corrected chi connectivity index (χ4v) is 2.67. The summed E-state index contributed by atoms with van der Waals surface area (Å²) in [6.45, 7) is 3.52. The summed E-state index contributed by atoms with van der Waals surface area (Å²) in [5.74, 6) is 0. The minimum atomic E-state index is 0.654. The van der Waals surface area contributed by atoms with Crippen LogP contribution >= 0.6 is 15.9 Å². The maximum atomic E-state index is 5.47. The van der Waals surface area contributed by atoms with Gasteiger partial charge in [-0.3, -0.25) is 0 Å². The second-order valence-corrected chi connectivity index (χ2v) is 5.02. The van der Waals surface area contributed by atoms with Crippen molar-refractivity contribution in [1.29, 1.82) is 0 Å². The lowest BCUT2D eigenvalue weighted by Crippen LogP contribution is -2.12. The van der Waals surface area contributed by atoms with Gasteiger partial charge in [0, 0.05) is 12.0 Å². The van der Waals surface area contributed by atoms with E-state index in [-0.39, 0.29) is 0 Å². The van der Waals surface area contributed by atoms with Crippen LogP contribution in [0.25, 0.3) is 5.69 Å². The first kappa shape index (κ1) is 11.0. The van der Waals surface area contributed by atoms with Crippen LogP contribution in [0.3, 0.4) is 0 Å². The number of nitrogens with zero attached hydrogens (tertiary/aromatic N) is 2. The average molecular weight is 293 g/mol. The van der Waals surface area contributed by atoms with Crippen LogP contribution in [0.5, 0.6) is 0 Å². The molecule has 0 saturated carbocycles.